The van der Waals surface area contributed by atoms with Crippen LogP contribution in [-0.2, 0) is 17.3 Å². The first-order chi connectivity index (χ1) is 13.5. The minimum atomic E-state index is -0.558. The molecular formula is C21H21N5O2. The molecule has 1 amide bonds. The molecule has 1 aliphatic carbocycles. The standard InChI is InChI=1S/C21H21N5O2/c1-26-10-7-17(11-18(26)27)25-19(28)21(8-2-9-21)16-5-3-14(4-6-16)15-12-23-20(22)24-13-15/h3-7,10-13H,2,8-9H2,1H3,(H,25,28)(H2,22,23,24). The number of nitrogens with one attached hydrogen (secondary N) is 1. The summed E-state index contributed by atoms with van der Waals surface area (Å²) in [5.41, 5.74) is 8.15. The van der Waals surface area contributed by atoms with Crippen molar-refractivity contribution >= 4 is 17.5 Å². The topological polar surface area (TPSA) is 103 Å². The molecule has 0 radical (unpaired) electrons. The summed E-state index contributed by atoms with van der Waals surface area (Å²) in [6.07, 6.45) is 7.58. The predicted molar refractivity (Wildman–Crippen MR) is 108 cm³/mol. The molecule has 0 bridgehead atoms. The Labute approximate surface area is 162 Å². The molecule has 1 saturated carbocycles. The van der Waals surface area contributed by atoms with Gasteiger partial charge in [0.05, 0.1) is 5.41 Å². The highest BCUT2D eigenvalue weighted by atomic mass is 16.2. The molecule has 1 aromatic carbocycles. The summed E-state index contributed by atoms with van der Waals surface area (Å²) in [5, 5.41) is 2.92. The lowest BCUT2D eigenvalue weighted by molar-refractivity contribution is -0.124. The molecule has 0 atom stereocenters. The number of nitrogens with two attached hydrogens (primary N) is 1. The number of pyridine rings is 1. The van der Waals surface area contributed by atoms with E-state index in [1.807, 2.05) is 24.3 Å². The van der Waals surface area contributed by atoms with Crippen molar-refractivity contribution in [3.8, 4) is 11.1 Å². The summed E-state index contributed by atoms with van der Waals surface area (Å²) in [6.45, 7) is 0. The van der Waals surface area contributed by atoms with Gasteiger partial charge in [-0.05, 0) is 30.0 Å². The molecule has 0 saturated heterocycles. The first-order valence-electron chi connectivity index (χ1n) is 9.14. The van der Waals surface area contributed by atoms with Crippen molar-refractivity contribution in [1.29, 1.82) is 0 Å². The summed E-state index contributed by atoms with van der Waals surface area (Å²) in [6, 6.07) is 11.1. The summed E-state index contributed by atoms with van der Waals surface area (Å²) in [5.74, 6) is 0.164. The van der Waals surface area contributed by atoms with Crippen LogP contribution in [0.5, 0.6) is 0 Å². The van der Waals surface area contributed by atoms with Gasteiger partial charge >= 0.3 is 0 Å². The second-order valence-corrected chi connectivity index (χ2v) is 7.16. The number of aryl methyl sites for hydroxylation is 1. The average molecular weight is 375 g/mol. The van der Waals surface area contributed by atoms with E-state index in [0.29, 0.717) is 5.69 Å². The van der Waals surface area contributed by atoms with Crippen LogP contribution in [0.25, 0.3) is 11.1 Å². The summed E-state index contributed by atoms with van der Waals surface area (Å²) in [7, 11) is 1.68. The summed E-state index contributed by atoms with van der Waals surface area (Å²) >= 11 is 0. The molecule has 0 spiro atoms. The fourth-order valence-corrected chi connectivity index (χ4v) is 3.52. The van der Waals surface area contributed by atoms with Crippen LogP contribution in [0, 0.1) is 0 Å². The maximum Gasteiger partial charge on any atom is 0.252 e. The normalized spacial score (nSPS) is 14.9. The summed E-state index contributed by atoms with van der Waals surface area (Å²) in [4.78, 5) is 32.9. The molecule has 7 heteroatoms. The van der Waals surface area contributed by atoms with Crippen molar-refractivity contribution in [2.45, 2.75) is 24.7 Å². The molecule has 1 fully saturated rings. The lowest BCUT2D eigenvalue weighted by atomic mass is 9.63. The van der Waals surface area contributed by atoms with Crippen molar-refractivity contribution in [3.63, 3.8) is 0 Å². The molecule has 3 N–H and O–H groups in total. The highest BCUT2D eigenvalue weighted by molar-refractivity contribution is 6.00. The van der Waals surface area contributed by atoms with Gasteiger partial charge in [0, 0.05) is 43.0 Å². The van der Waals surface area contributed by atoms with Crippen LogP contribution in [0.15, 0.2) is 59.8 Å². The molecule has 142 valence electrons. The van der Waals surface area contributed by atoms with E-state index < -0.39 is 5.41 Å². The van der Waals surface area contributed by atoms with Gasteiger partial charge in [0.25, 0.3) is 5.56 Å². The van der Waals surface area contributed by atoms with E-state index in [-0.39, 0.29) is 17.4 Å². The van der Waals surface area contributed by atoms with E-state index in [2.05, 4.69) is 15.3 Å². The summed E-state index contributed by atoms with van der Waals surface area (Å²) < 4.78 is 1.47. The number of aromatic nitrogens is 3. The second-order valence-electron chi connectivity index (χ2n) is 7.16. The highest BCUT2D eigenvalue weighted by Crippen LogP contribution is 2.45. The first kappa shape index (κ1) is 17.9. The van der Waals surface area contributed by atoms with Crippen LogP contribution in [0.3, 0.4) is 0 Å². The van der Waals surface area contributed by atoms with Gasteiger partial charge < -0.3 is 15.6 Å². The minimum Gasteiger partial charge on any atom is -0.368 e. The Balaban J connectivity index is 1.58. The van der Waals surface area contributed by atoms with Gasteiger partial charge in [0.1, 0.15) is 0 Å². The smallest absolute Gasteiger partial charge is 0.252 e. The zero-order chi connectivity index (χ0) is 19.7. The maximum atomic E-state index is 13.1. The second kappa shape index (κ2) is 6.92. The number of carbonyl (C=O) groups is 1. The quantitative estimate of drug-likeness (QED) is 0.729. The van der Waals surface area contributed by atoms with E-state index in [1.165, 1.54) is 10.6 Å². The van der Waals surface area contributed by atoms with Gasteiger partial charge in [-0.15, -0.1) is 0 Å². The molecule has 2 aromatic heterocycles. The van der Waals surface area contributed by atoms with E-state index in [4.69, 9.17) is 5.73 Å². The number of hydrogen-bond donors (Lipinski definition) is 2. The fourth-order valence-electron chi connectivity index (χ4n) is 3.52. The molecule has 0 unspecified atom stereocenters. The number of anilines is 2. The Hall–Kier alpha value is -3.48. The predicted octanol–water partition coefficient (Wildman–Crippen LogP) is 2.48. The van der Waals surface area contributed by atoms with Crippen LogP contribution in [0.4, 0.5) is 11.6 Å². The molecule has 4 rings (SSSR count). The van der Waals surface area contributed by atoms with E-state index in [1.54, 1.807) is 31.7 Å². The Bertz CT molecular complexity index is 1070. The largest absolute Gasteiger partial charge is 0.368 e. The molecule has 28 heavy (non-hydrogen) atoms. The number of amides is 1. The Kier molecular flexibility index (Phi) is 4.43. The van der Waals surface area contributed by atoms with Crippen LogP contribution in [-0.4, -0.2) is 20.4 Å². The lowest BCUT2D eigenvalue weighted by Crippen LogP contribution is -2.46. The number of nitrogen functional groups attached to an aromatic ring is 1. The number of hydrogen-bond acceptors (Lipinski definition) is 5. The Morgan fingerprint density at radius 3 is 2.36 bits per heavy atom. The van der Waals surface area contributed by atoms with Gasteiger partial charge in [-0.2, -0.15) is 0 Å². The molecular weight excluding hydrogens is 354 g/mol. The van der Waals surface area contributed by atoms with Crippen LogP contribution in [0.1, 0.15) is 24.8 Å². The molecule has 7 nitrogen and oxygen atoms in total. The van der Waals surface area contributed by atoms with Crippen LogP contribution in [0.2, 0.25) is 0 Å². The van der Waals surface area contributed by atoms with Crippen LogP contribution >= 0.6 is 0 Å². The van der Waals surface area contributed by atoms with Crippen molar-refractivity contribution in [1.82, 2.24) is 14.5 Å². The molecule has 3 aromatic rings. The van der Waals surface area contributed by atoms with Gasteiger partial charge in [0.2, 0.25) is 11.9 Å². The molecule has 1 aliphatic rings. The van der Waals surface area contributed by atoms with Crippen molar-refractivity contribution in [2.75, 3.05) is 11.1 Å². The third kappa shape index (κ3) is 3.15. The van der Waals surface area contributed by atoms with Crippen molar-refractivity contribution in [2.24, 2.45) is 7.05 Å². The van der Waals surface area contributed by atoms with E-state index in [0.717, 1.165) is 36.0 Å². The third-order valence-electron chi connectivity index (χ3n) is 5.45. The monoisotopic (exact) mass is 375 g/mol. The Morgan fingerprint density at radius 2 is 1.79 bits per heavy atom. The van der Waals surface area contributed by atoms with E-state index >= 15 is 0 Å². The maximum absolute atomic E-state index is 13.1. The third-order valence-corrected chi connectivity index (χ3v) is 5.45. The fraction of sp³-hybridized carbons (Fsp3) is 0.238. The minimum absolute atomic E-state index is 0.0735. The van der Waals surface area contributed by atoms with Gasteiger partial charge in [-0.25, -0.2) is 9.97 Å². The lowest BCUT2D eigenvalue weighted by Gasteiger charge is -2.40. The number of nitrogens with zero attached hydrogens (tertiary/aromatic N) is 3. The zero-order valence-electron chi connectivity index (χ0n) is 15.6. The van der Waals surface area contributed by atoms with E-state index in [9.17, 15) is 9.59 Å². The highest BCUT2D eigenvalue weighted by Gasteiger charge is 2.45. The zero-order valence-corrected chi connectivity index (χ0v) is 15.6. The Morgan fingerprint density at radius 1 is 1.11 bits per heavy atom. The SMILES string of the molecule is Cn1ccc(NC(=O)C2(c3ccc(-c4cnc(N)nc4)cc3)CCC2)cc1=O. The van der Waals surface area contributed by atoms with Crippen LogP contribution < -0.4 is 16.6 Å². The van der Waals surface area contributed by atoms with Gasteiger partial charge in [-0.3, -0.25) is 9.59 Å². The average Bonchev–Trinajstić information content (AvgIpc) is 2.65. The number of benzene rings is 1. The van der Waals surface area contributed by atoms with Gasteiger partial charge in [-0.1, -0.05) is 30.7 Å². The molecule has 2 heterocycles. The first-order valence-corrected chi connectivity index (χ1v) is 9.14. The van der Waals surface area contributed by atoms with Crippen molar-refractivity contribution < 1.29 is 4.79 Å². The number of rotatable bonds is 4. The number of carbonyl (C=O) groups excluding carboxylic acids is 1. The molecule has 0 aliphatic heterocycles. The van der Waals surface area contributed by atoms with Gasteiger partial charge in [0.15, 0.2) is 0 Å². The van der Waals surface area contributed by atoms with Crippen molar-refractivity contribution in [3.05, 3.63) is 70.9 Å².